The number of hydrogen-bond donors (Lipinski definition) is 22. The summed E-state index contributed by atoms with van der Waals surface area (Å²) < 4.78 is 77.8. The molecule has 0 unspecified atom stereocenters. The molecule has 35 nitrogen and oxygen atoms in total. The predicted octanol–water partition coefficient (Wildman–Crippen LogP) is -9.34. The maximum atomic E-state index is 12.3. The fourth-order valence-corrected chi connectivity index (χ4v) is 18.6. The SMILES string of the molecule is C[C@H](CC[C@@]1(O)O[C@H]2C[C@H]3[C@H]4C[C@@H](O)[C@H]5C[C@@H](O[C@@H]6O[C@H](CO)[C@H](O[C@@H]7O[C@H](CO)[C@@H](O)[C@H](O[C@@H]8O[C@H](CO)[C@@H](O)[C@H](O)[C@H]8O)[C@H]7O[C@@H]7O[C@H](CO)[C@@H](O)[C@H](O[C@@H]8O[C@H](CO)[C@@H](O)[C@H](O)[C@H]8O)[C@H]7O)[C@H](O)[C@H]6O)CC[C@]5(C)[C@H]4CC[C@]3(C)[C@H]2[C@@H]1C)CO[C@@H]1O[C@H](CO)[C@@H](O)[C@H](O)[C@H]1O. The predicted molar refractivity (Wildman–Crippen MR) is 318 cm³/mol. The van der Waals surface area contributed by atoms with Crippen LogP contribution in [-0.4, -0.2) is 367 Å². The summed E-state index contributed by atoms with van der Waals surface area (Å²) in [6, 6.07) is 0. The van der Waals surface area contributed by atoms with Gasteiger partial charge in [0.05, 0.1) is 64.6 Å². The van der Waals surface area contributed by atoms with E-state index in [9.17, 15) is 112 Å². The molecule has 7 heterocycles. The van der Waals surface area contributed by atoms with Crippen molar-refractivity contribution in [2.75, 3.05) is 46.2 Å². The number of aliphatic hydroxyl groups excluding tert-OH is 21. The minimum absolute atomic E-state index is 0.0238. The summed E-state index contributed by atoms with van der Waals surface area (Å²) in [5.41, 5.74) is -0.583. The van der Waals surface area contributed by atoms with E-state index in [1.54, 1.807) is 0 Å². The molecule has 0 aromatic carbocycles. The topological polar surface area (TPSA) is 565 Å². The van der Waals surface area contributed by atoms with Crippen molar-refractivity contribution in [2.24, 2.45) is 52.3 Å². The number of ether oxygens (including phenoxy) is 13. The molecule has 11 rings (SSSR count). The van der Waals surface area contributed by atoms with E-state index in [1.807, 2.05) is 13.8 Å². The molecule has 7 aliphatic heterocycles. The highest BCUT2D eigenvalue weighted by atomic mass is 16.8. The lowest BCUT2D eigenvalue weighted by molar-refractivity contribution is -0.411. The maximum absolute atomic E-state index is 12.3. The molecule has 0 aromatic rings. The van der Waals surface area contributed by atoms with Crippen molar-refractivity contribution in [2.45, 2.75) is 294 Å². The lowest BCUT2D eigenvalue weighted by Gasteiger charge is -2.62. The fourth-order valence-electron chi connectivity index (χ4n) is 18.6. The highest BCUT2D eigenvalue weighted by molar-refractivity contribution is 5.16. The summed E-state index contributed by atoms with van der Waals surface area (Å²) in [5.74, 6) is -1.57. The monoisotopic (exact) mass is 1420 g/mol. The van der Waals surface area contributed by atoms with Gasteiger partial charge in [-0.25, -0.2) is 0 Å². The zero-order valence-electron chi connectivity index (χ0n) is 55.1. The Labute approximate surface area is 564 Å². The van der Waals surface area contributed by atoms with Gasteiger partial charge in [0.25, 0.3) is 0 Å². The van der Waals surface area contributed by atoms with Crippen molar-refractivity contribution in [1.29, 1.82) is 0 Å². The molecule has 35 heteroatoms. The molecule has 0 spiro atoms. The molecule has 7 saturated heterocycles. The van der Waals surface area contributed by atoms with Crippen LogP contribution in [-0.2, 0) is 61.6 Å². The minimum Gasteiger partial charge on any atom is -0.394 e. The van der Waals surface area contributed by atoms with Crippen molar-refractivity contribution in [3.8, 4) is 0 Å². The van der Waals surface area contributed by atoms with Crippen LogP contribution in [0.3, 0.4) is 0 Å². The van der Waals surface area contributed by atoms with E-state index in [-0.39, 0.29) is 65.0 Å². The average molecular weight is 1420 g/mol. The van der Waals surface area contributed by atoms with Crippen molar-refractivity contribution in [3.05, 3.63) is 0 Å². The van der Waals surface area contributed by atoms with Crippen LogP contribution in [0.2, 0.25) is 0 Å². The van der Waals surface area contributed by atoms with Gasteiger partial charge in [-0.1, -0.05) is 27.7 Å². The van der Waals surface area contributed by atoms with Crippen LogP contribution in [0.15, 0.2) is 0 Å². The van der Waals surface area contributed by atoms with Gasteiger partial charge in [-0.15, -0.1) is 0 Å². The van der Waals surface area contributed by atoms with Crippen molar-refractivity contribution < 1.29 is 174 Å². The summed E-state index contributed by atoms with van der Waals surface area (Å²) in [7, 11) is 0. The Kier molecular flexibility index (Phi) is 24.7. The van der Waals surface area contributed by atoms with E-state index in [1.165, 1.54) is 0 Å². The molecular formula is C63H106O35. The van der Waals surface area contributed by atoms with E-state index in [0.29, 0.717) is 44.9 Å². The Bertz CT molecular complexity index is 2550. The van der Waals surface area contributed by atoms with Crippen LogP contribution in [0.5, 0.6) is 0 Å². The number of hydrogen-bond acceptors (Lipinski definition) is 35. The third-order valence-corrected chi connectivity index (χ3v) is 24.3. The zero-order valence-corrected chi connectivity index (χ0v) is 55.1. The molecule has 0 bridgehead atoms. The second kappa shape index (κ2) is 31.2. The lowest BCUT2D eigenvalue weighted by atomic mass is 9.43. The third kappa shape index (κ3) is 14.3. The maximum Gasteiger partial charge on any atom is 0.187 e. The van der Waals surface area contributed by atoms with E-state index in [0.717, 1.165) is 12.8 Å². The number of fused-ring (bicyclic) bond motifs is 7. The molecule has 0 amide bonds. The second-order valence-electron chi connectivity index (χ2n) is 30.0. The zero-order chi connectivity index (χ0) is 71.1. The molecule has 0 radical (unpaired) electrons. The first kappa shape index (κ1) is 77.7. The van der Waals surface area contributed by atoms with Crippen LogP contribution < -0.4 is 0 Å². The smallest absolute Gasteiger partial charge is 0.187 e. The second-order valence-corrected chi connectivity index (χ2v) is 30.0. The molecule has 4 aliphatic carbocycles. The molecular weight excluding hydrogens is 1320 g/mol. The minimum atomic E-state index is -2.26. The van der Waals surface area contributed by atoms with Gasteiger partial charge < -0.3 is 174 Å². The highest BCUT2D eigenvalue weighted by Gasteiger charge is 2.70. The van der Waals surface area contributed by atoms with Gasteiger partial charge in [0.1, 0.15) is 146 Å². The molecule has 11 aliphatic rings. The summed E-state index contributed by atoms with van der Waals surface area (Å²) in [6.45, 7) is 3.11. The first-order chi connectivity index (χ1) is 46.4. The molecule has 22 N–H and O–H groups in total. The van der Waals surface area contributed by atoms with Crippen LogP contribution in [0.1, 0.15) is 85.5 Å². The molecule has 4 saturated carbocycles. The summed E-state index contributed by atoms with van der Waals surface area (Å²) in [6.07, 6.45) is -52.3. The van der Waals surface area contributed by atoms with E-state index in [4.69, 9.17) is 61.6 Å². The van der Waals surface area contributed by atoms with Crippen LogP contribution in [0.4, 0.5) is 0 Å². The standard InChI is InChI=1S/C63H106O35/c1-21(20-86-55-46(80)42(76)37(71)30(14-64)88-55)5-10-63(85)22(2)36-29(98-63)13-26-24-12-28(70)27-11-23(6-8-61(27,3)25(24)7-9-62(26,36)4)87-56-49(83)45(79)51(35(19-69)93-56)94-60-54(53(41(75)34(18-68)92-60)96-58-48(82)44(78)39(73)32(16-66)90-58)97-59-50(84)52(40(74)33(17-67)91-59)95-57-47(81)43(77)38(72)31(15-65)89-57/h21-60,64-85H,5-20H2,1-4H3/t21-,22+,23+,24+,25+,26+,27-,28-,29+,30-,31-,32-,33-,34-,35-,36+,37-,38-,39-,40-,41-,42+,43+,44+,45-,46-,47-,48-,49-,50-,51+,52+,53+,54-,55-,56-,57+,58+,59+,60+,61-,62+,63-/m1/s1. The largest absolute Gasteiger partial charge is 0.394 e. The first-order valence-electron chi connectivity index (χ1n) is 34.5. The van der Waals surface area contributed by atoms with Crippen LogP contribution in [0, 0.1) is 52.3 Å². The molecule has 0 aromatic heterocycles. The van der Waals surface area contributed by atoms with E-state index < -0.39 is 242 Å². The third-order valence-electron chi connectivity index (χ3n) is 24.3. The summed E-state index contributed by atoms with van der Waals surface area (Å²) in [4.78, 5) is 0. The summed E-state index contributed by atoms with van der Waals surface area (Å²) >= 11 is 0. The van der Waals surface area contributed by atoms with Gasteiger partial charge in [-0.05, 0) is 97.7 Å². The highest BCUT2D eigenvalue weighted by Crippen LogP contribution is 2.71. The summed E-state index contributed by atoms with van der Waals surface area (Å²) in [5, 5.41) is 240. The average Bonchev–Trinajstić information content (AvgIpc) is 1.48. The Balaban J connectivity index is 0.752. The van der Waals surface area contributed by atoms with Crippen LogP contribution in [0.25, 0.3) is 0 Å². The molecule has 11 fully saturated rings. The quantitative estimate of drug-likeness (QED) is 0.0448. The van der Waals surface area contributed by atoms with Crippen molar-refractivity contribution >= 4 is 0 Å². The Morgan fingerprint density at radius 1 is 0.408 bits per heavy atom. The van der Waals surface area contributed by atoms with Gasteiger partial charge in [0.15, 0.2) is 43.5 Å². The van der Waals surface area contributed by atoms with Crippen LogP contribution >= 0.6 is 0 Å². The van der Waals surface area contributed by atoms with Crippen molar-refractivity contribution in [3.63, 3.8) is 0 Å². The fraction of sp³-hybridized carbons (Fsp3) is 1.00. The van der Waals surface area contributed by atoms with Gasteiger partial charge in [-0.2, -0.15) is 0 Å². The Morgan fingerprint density at radius 2 is 0.847 bits per heavy atom. The Hall–Kier alpha value is -1.40. The molecule has 98 heavy (non-hydrogen) atoms. The first-order valence-corrected chi connectivity index (χ1v) is 34.5. The molecule has 568 valence electrons. The number of aliphatic hydroxyl groups is 22. The normalized spacial score (nSPS) is 55.5. The van der Waals surface area contributed by atoms with Gasteiger partial charge in [0.2, 0.25) is 0 Å². The lowest BCUT2D eigenvalue weighted by Crippen LogP contribution is -2.69. The van der Waals surface area contributed by atoms with Crippen molar-refractivity contribution in [1.82, 2.24) is 0 Å². The van der Waals surface area contributed by atoms with E-state index >= 15 is 0 Å². The van der Waals surface area contributed by atoms with E-state index in [2.05, 4.69) is 13.8 Å². The molecule has 43 atom stereocenters. The number of rotatable bonds is 22. The van der Waals surface area contributed by atoms with Gasteiger partial charge >= 0.3 is 0 Å². The Morgan fingerprint density at radius 3 is 1.41 bits per heavy atom. The van der Waals surface area contributed by atoms with Gasteiger partial charge in [0, 0.05) is 12.3 Å². The van der Waals surface area contributed by atoms with Gasteiger partial charge in [-0.3, -0.25) is 0 Å².